The van der Waals surface area contributed by atoms with Crippen LogP contribution in [0.5, 0.6) is 0 Å². The van der Waals surface area contributed by atoms with E-state index in [2.05, 4.69) is 12.2 Å². The van der Waals surface area contributed by atoms with Crippen molar-refractivity contribution in [1.29, 1.82) is 0 Å². The zero-order chi connectivity index (χ0) is 4.99. The lowest BCUT2D eigenvalue weighted by atomic mass is 10.7. The largest absolute Gasteiger partial charge is 0.387 e. The Hall–Kier alpha value is -0.660. The molecule has 1 radical (unpaired) electrons. The summed E-state index contributed by atoms with van der Waals surface area (Å²) in [5, 5.41) is 11.2. The van der Waals surface area contributed by atoms with E-state index in [1.54, 1.807) is 0 Å². The molecule has 0 atom stereocenters. The third-order valence-corrected chi connectivity index (χ3v) is 0.295. The number of carbonyl (C=O) groups excluding carboxylic acids is 1. The predicted molar refractivity (Wildman–Crippen MR) is 22.9 cm³/mol. The Morgan fingerprint density at radius 1 is 1.83 bits per heavy atom. The average molecular weight is 101 g/mol. The van der Waals surface area contributed by atoms with E-state index in [0.29, 0.717) is 6.08 Å². The Morgan fingerprint density at radius 2 is 2.33 bits per heavy atom. The zero-order valence-corrected chi connectivity index (χ0v) is 3.62. The molecule has 0 bridgehead atoms. The fourth-order valence-electron chi connectivity index (χ4n) is 0.0481. The summed E-state index contributed by atoms with van der Waals surface area (Å²) in [4.78, 5) is 9.30. The molecule has 31 valence electrons. The normalized spacial score (nSPS) is 6.00. The first-order valence-electron chi connectivity index (χ1n) is 1.19. The molecular weight excluding hydrogens is 100 g/mol. The highest BCUT2D eigenvalue weighted by Crippen LogP contribution is 1.57. The van der Waals surface area contributed by atoms with Gasteiger partial charge in [-0.25, -0.2) is 9.90 Å². The number of rotatable bonds is 1. The van der Waals surface area contributed by atoms with Gasteiger partial charge in [0.05, 0.1) is 6.08 Å². The van der Waals surface area contributed by atoms with Crippen LogP contribution < -0.4 is 0 Å². The van der Waals surface area contributed by atoms with Crippen molar-refractivity contribution in [2.45, 2.75) is 0 Å². The molecule has 0 aliphatic carbocycles. The van der Waals surface area contributed by atoms with Crippen LogP contribution in [0.4, 0.5) is 0 Å². The van der Waals surface area contributed by atoms with Crippen LogP contribution in [0.25, 0.3) is 0 Å². The van der Waals surface area contributed by atoms with Crippen LogP contribution in [0.15, 0.2) is 6.08 Å². The third-order valence-electron chi connectivity index (χ3n) is 0.177. The second-order valence-electron chi connectivity index (χ2n) is 0.581. The fraction of sp³-hybridized carbons (Fsp3) is 0. The highest BCUT2D eigenvalue weighted by molar-refractivity contribution is 7.78. The van der Waals surface area contributed by atoms with Gasteiger partial charge >= 0.3 is 5.97 Å². The number of hydrogen-bond donors (Lipinski definition) is 0. The highest BCUT2D eigenvalue weighted by Gasteiger charge is 1.82. The molecule has 3 heteroatoms. The monoisotopic (exact) mass is 101 g/mol. The standard InChI is InChI=1S/C3HO2S/c4-3(5)1-2-6/h1H. The zero-order valence-electron chi connectivity index (χ0n) is 2.80. The van der Waals surface area contributed by atoms with Gasteiger partial charge in [0.2, 0.25) is 0 Å². The van der Waals surface area contributed by atoms with E-state index in [1.807, 2.05) is 5.02 Å². The minimum Gasteiger partial charge on any atom is -0.241 e. The Balaban J connectivity index is 3.60. The molecule has 0 aromatic rings. The summed E-state index contributed by atoms with van der Waals surface area (Å²) < 4.78 is 0. The summed E-state index contributed by atoms with van der Waals surface area (Å²) in [5.74, 6) is -1.30. The van der Waals surface area contributed by atoms with E-state index >= 15 is 0 Å². The van der Waals surface area contributed by atoms with Gasteiger partial charge in [0.25, 0.3) is 0 Å². The first-order valence-corrected chi connectivity index (χ1v) is 1.60. The highest BCUT2D eigenvalue weighted by atomic mass is 32.1. The van der Waals surface area contributed by atoms with Crippen molar-refractivity contribution >= 4 is 23.2 Å². The van der Waals surface area contributed by atoms with E-state index in [-0.39, 0.29) is 0 Å². The first kappa shape index (κ1) is 5.34. The van der Waals surface area contributed by atoms with Crippen molar-refractivity contribution in [3.05, 3.63) is 6.08 Å². The number of thiocarbonyl (C=S) groups is 1. The lowest BCUT2D eigenvalue weighted by Crippen LogP contribution is -1.80. The minimum atomic E-state index is -1.30. The van der Waals surface area contributed by atoms with Crippen molar-refractivity contribution < 1.29 is 9.90 Å². The maximum atomic E-state index is 9.30. The molecule has 6 heavy (non-hydrogen) atoms. The maximum absolute atomic E-state index is 9.30. The van der Waals surface area contributed by atoms with E-state index < -0.39 is 5.97 Å². The Kier molecular flexibility index (Phi) is 2.29. The molecule has 0 unspecified atom stereocenters. The third kappa shape index (κ3) is 3.34. The van der Waals surface area contributed by atoms with Gasteiger partial charge in [-0.15, -0.1) is 0 Å². The topological polar surface area (TPSA) is 37.0 Å². The van der Waals surface area contributed by atoms with Gasteiger partial charge < -0.3 is 0 Å². The van der Waals surface area contributed by atoms with Crippen LogP contribution in [0.1, 0.15) is 0 Å². The quantitative estimate of drug-likeness (QED) is 0.347. The van der Waals surface area contributed by atoms with E-state index in [9.17, 15) is 9.90 Å². The van der Waals surface area contributed by atoms with Gasteiger partial charge in [-0.05, 0) is 17.2 Å². The summed E-state index contributed by atoms with van der Waals surface area (Å²) in [5.41, 5.74) is 0. The molecule has 0 amide bonds. The molecule has 0 saturated heterocycles. The molecule has 0 aliphatic heterocycles. The van der Waals surface area contributed by atoms with Crippen LogP contribution in [0, 0.1) is 0 Å². The predicted octanol–water partition coefficient (Wildman–Crippen LogP) is 0.0983. The van der Waals surface area contributed by atoms with E-state index in [1.165, 1.54) is 0 Å². The Bertz CT molecular complexity index is 101. The van der Waals surface area contributed by atoms with Crippen LogP contribution >= 0.6 is 12.2 Å². The van der Waals surface area contributed by atoms with Gasteiger partial charge in [0.15, 0.2) is 0 Å². The molecule has 0 fully saturated rings. The van der Waals surface area contributed by atoms with Gasteiger partial charge in [0.1, 0.15) is 0 Å². The smallest absolute Gasteiger partial charge is 0.241 e. The SMILES string of the molecule is [O]C(=O)C=C=S. The van der Waals surface area contributed by atoms with Gasteiger partial charge in [-0.2, -0.15) is 0 Å². The first-order chi connectivity index (χ1) is 2.77. The molecule has 0 N–H and O–H groups in total. The second kappa shape index (κ2) is 2.57. The van der Waals surface area contributed by atoms with Gasteiger partial charge in [0, 0.05) is 0 Å². The van der Waals surface area contributed by atoms with Gasteiger partial charge in [-0.1, -0.05) is 0 Å². The van der Waals surface area contributed by atoms with Crippen LogP contribution in [0.2, 0.25) is 0 Å². The van der Waals surface area contributed by atoms with Crippen molar-refractivity contribution in [2.24, 2.45) is 0 Å². The van der Waals surface area contributed by atoms with Crippen molar-refractivity contribution in [2.75, 3.05) is 0 Å². The lowest BCUT2D eigenvalue weighted by Gasteiger charge is -1.56. The van der Waals surface area contributed by atoms with Crippen molar-refractivity contribution in [3.63, 3.8) is 0 Å². The number of carbonyl (C=O) groups is 1. The summed E-state index contributed by atoms with van der Waals surface area (Å²) >= 11 is 4.00. The average Bonchev–Trinajstić information content (AvgIpc) is 1.35. The van der Waals surface area contributed by atoms with E-state index in [0.717, 1.165) is 0 Å². The van der Waals surface area contributed by atoms with Crippen LogP contribution in [-0.2, 0) is 9.90 Å². The summed E-state index contributed by atoms with van der Waals surface area (Å²) in [6.45, 7) is 0. The molecule has 0 aliphatic rings. The van der Waals surface area contributed by atoms with Crippen LogP contribution in [0.3, 0.4) is 0 Å². The molecule has 2 nitrogen and oxygen atoms in total. The van der Waals surface area contributed by atoms with Crippen molar-refractivity contribution in [3.8, 4) is 0 Å². The molecule has 0 spiro atoms. The Labute approximate surface area is 40.1 Å². The van der Waals surface area contributed by atoms with Crippen LogP contribution in [-0.4, -0.2) is 11.0 Å². The molecular formula is C3HO2S. The Morgan fingerprint density at radius 3 is 2.33 bits per heavy atom. The summed E-state index contributed by atoms with van der Waals surface area (Å²) in [6, 6.07) is 0. The molecule has 0 aromatic heterocycles. The van der Waals surface area contributed by atoms with Gasteiger partial charge in [-0.3, -0.25) is 0 Å². The molecule has 0 aromatic carbocycles. The number of hydrogen-bond acceptors (Lipinski definition) is 2. The molecule has 0 heterocycles. The summed E-state index contributed by atoms with van der Waals surface area (Å²) in [7, 11) is 0. The summed E-state index contributed by atoms with van der Waals surface area (Å²) in [6.07, 6.45) is 0.662. The maximum Gasteiger partial charge on any atom is 0.387 e. The van der Waals surface area contributed by atoms with Crippen molar-refractivity contribution in [1.82, 2.24) is 0 Å². The lowest BCUT2D eigenvalue weighted by molar-refractivity contribution is -0.137. The minimum absolute atomic E-state index is 0.662. The molecule has 0 saturated carbocycles. The van der Waals surface area contributed by atoms with E-state index in [4.69, 9.17) is 0 Å². The second-order valence-corrected chi connectivity index (χ2v) is 0.817. The molecule has 0 rings (SSSR count). The fourth-order valence-corrected chi connectivity index (χ4v) is 0.144.